The van der Waals surface area contributed by atoms with Crippen LogP contribution in [0.15, 0.2) is 122 Å². The van der Waals surface area contributed by atoms with Crippen molar-refractivity contribution in [1.29, 1.82) is 0 Å². The van der Waals surface area contributed by atoms with Crippen LogP contribution >= 0.6 is 7.82 Å². The summed E-state index contributed by atoms with van der Waals surface area (Å²) in [5.74, 6) is -0.837. The number of hydrogen-bond acceptors (Lipinski definition) is 8. The summed E-state index contributed by atoms with van der Waals surface area (Å²) in [5, 5.41) is 0. The molecular formula is C86H152NO8P. The van der Waals surface area contributed by atoms with E-state index in [1.807, 2.05) is 0 Å². The molecule has 0 fully saturated rings. The lowest BCUT2D eigenvalue weighted by atomic mass is 10.0. The van der Waals surface area contributed by atoms with Crippen molar-refractivity contribution in [2.75, 3.05) is 26.4 Å². The van der Waals surface area contributed by atoms with Gasteiger partial charge in [0.05, 0.1) is 13.2 Å². The second-order valence-corrected chi connectivity index (χ2v) is 28.4. The molecule has 0 spiro atoms. The Morgan fingerprint density at radius 3 is 0.854 bits per heavy atom. The zero-order valence-corrected chi connectivity index (χ0v) is 63.5. The number of allylic oxidation sites excluding steroid dienone is 20. The fourth-order valence-electron chi connectivity index (χ4n) is 11.7. The average molecular weight is 1360 g/mol. The molecule has 2 unspecified atom stereocenters. The monoisotopic (exact) mass is 1360 g/mol. The molecule has 96 heavy (non-hydrogen) atoms. The molecule has 0 bridgehead atoms. The molecule has 10 heteroatoms. The van der Waals surface area contributed by atoms with Crippen molar-refractivity contribution in [2.24, 2.45) is 5.73 Å². The molecule has 0 aromatic carbocycles. The van der Waals surface area contributed by atoms with Crippen LogP contribution in [0.25, 0.3) is 0 Å². The number of unbranched alkanes of at least 4 members (excludes halogenated alkanes) is 43. The van der Waals surface area contributed by atoms with Crippen LogP contribution in [0.2, 0.25) is 0 Å². The topological polar surface area (TPSA) is 134 Å². The third kappa shape index (κ3) is 79.4. The largest absolute Gasteiger partial charge is 0.472 e. The van der Waals surface area contributed by atoms with Gasteiger partial charge in [0.25, 0.3) is 0 Å². The fourth-order valence-corrected chi connectivity index (χ4v) is 12.4. The standard InChI is InChI=1S/C86H152NO8P/c1-3-5-7-9-11-13-15-17-19-21-23-25-27-29-31-33-35-37-39-41-43-44-46-48-50-52-54-56-58-60-62-64-66-68-70-72-74-76-78-85(88)92-82-84(83-94-96(90,91)93-81-80-87)95-86(89)79-77-75-73-71-69-67-65-63-61-59-57-55-53-51-49-47-45-42-40-38-36-34-32-30-28-26-24-22-20-18-16-14-12-10-8-6-4-2/h6,8,12,14,18,20,24,26,30,32,36,38,42,45,49,51,55,57,61,63,84H,3-5,7,9-11,13,15-17,19,21-23,25,27-29,31,33-35,37,39-41,43-44,46-48,50,52-54,56,58-60,62,64-83,87H2,1-2H3,(H,90,91)/b8-6-,14-12-,20-18-,26-24-,32-30-,38-36-,45-42-,51-49-,57-55-,63-61-. The van der Waals surface area contributed by atoms with Gasteiger partial charge in [-0.05, 0) is 89.9 Å². The molecule has 2 atom stereocenters. The molecule has 0 rings (SSSR count). The molecule has 0 radical (unpaired) electrons. The van der Waals surface area contributed by atoms with Crippen molar-refractivity contribution in [3.05, 3.63) is 122 Å². The van der Waals surface area contributed by atoms with Crippen molar-refractivity contribution < 1.29 is 37.6 Å². The van der Waals surface area contributed by atoms with E-state index in [0.717, 1.165) is 122 Å². The van der Waals surface area contributed by atoms with E-state index in [4.69, 9.17) is 24.3 Å². The predicted molar refractivity (Wildman–Crippen MR) is 418 cm³/mol. The minimum Gasteiger partial charge on any atom is -0.462 e. The van der Waals surface area contributed by atoms with Gasteiger partial charge in [0.1, 0.15) is 6.61 Å². The Hall–Kier alpha value is -3.59. The van der Waals surface area contributed by atoms with E-state index in [-0.39, 0.29) is 38.6 Å². The summed E-state index contributed by atoms with van der Waals surface area (Å²) in [6.07, 6.45) is 113. The van der Waals surface area contributed by atoms with Gasteiger partial charge < -0.3 is 20.1 Å². The third-order valence-corrected chi connectivity index (χ3v) is 18.6. The molecule has 554 valence electrons. The van der Waals surface area contributed by atoms with Gasteiger partial charge in [-0.25, -0.2) is 4.57 Å². The van der Waals surface area contributed by atoms with E-state index in [9.17, 15) is 19.0 Å². The molecular weight excluding hydrogens is 1210 g/mol. The first-order valence-corrected chi connectivity index (χ1v) is 42.0. The summed E-state index contributed by atoms with van der Waals surface area (Å²) < 4.78 is 33.2. The summed E-state index contributed by atoms with van der Waals surface area (Å²) in [5.41, 5.74) is 5.41. The van der Waals surface area contributed by atoms with Gasteiger partial charge in [-0.15, -0.1) is 0 Å². The van der Waals surface area contributed by atoms with Crippen LogP contribution in [-0.2, 0) is 32.7 Å². The number of hydrogen-bond donors (Lipinski definition) is 2. The number of phosphoric ester groups is 1. The SMILES string of the molecule is CC/C=C\C/C=C\C/C=C\C/C=C\C/C=C\C/C=C\C/C=C\C/C=C\C/C=C\C/C=C\CCCCCCCCC(=O)OC(COC(=O)CCCCCCCCCCCCCCCCCCCCCCCCCCCCCCCCCCCCCCCC)COP(=O)(O)OCCN. The van der Waals surface area contributed by atoms with Gasteiger partial charge in [-0.1, -0.05) is 399 Å². The Bertz CT molecular complexity index is 2000. The summed E-state index contributed by atoms with van der Waals surface area (Å²) >= 11 is 0. The fraction of sp³-hybridized carbons (Fsp3) is 0.744. The summed E-state index contributed by atoms with van der Waals surface area (Å²) in [4.78, 5) is 35.5. The molecule has 0 aromatic rings. The van der Waals surface area contributed by atoms with Gasteiger partial charge in [0, 0.05) is 19.4 Å². The number of carbonyl (C=O) groups is 2. The number of esters is 2. The van der Waals surface area contributed by atoms with Crippen LogP contribution < -0.4 is 5.73 Å². The van der Waals surface area contributed by atoms with Gasteiger partial charge in [0.2, 0.25) is 0 Å². The van der Waals surface area contributed by atoms with Crippen molar-refractivity contribution in [3.8, 4) is 0 Å². The Morgan fingerprint density at radius 2 is 0.573 bits per heavy atom. The molecule has 0 saturated carbocycles. The van der Waals surface area contributed by atoms with Gasteiger partial charge in [-0.3, -0.25) is 18.6 Å². The predicted octanol–water partition coefficient (Wildman–Crippen LogP) is 27.4. The zero-order chi connectivity index (χ0) is 69.3. The van der Waals surface area contributed by atoms with E-state index in [1.165, 1.54) is 225 Å². The average Bonchev–Trinajstić information content (AvgIpc) is 1.90. The summed E-state index contributed by atoms with van der Waals surface area (Å²) in [7, 11) is -4.41. The molecule has 0 saturated heterocycles. The van der Waals surface area contributed by atoms with Gasteiger partial charge in [-0.2, -0.15) is 0 Å². The summed E-state index contributed by atoms with van der Waals surface area (Å²) in [6, 6.07) is 0. The van der Waals surface area contributed by atoms with Crippen molar-refractivity contribution >= 4 is 19.8 Å². The Labute approximate surface area is 593 Å². The molecule has 0 heterocycles. The maximum atomic E-state index is 12.8. The van der Waals surface area contributed by atoms with Crippen LogP contribution in [0.4, 0.5) is 0 Å². The normalized spacial score (nSPS) is 13.5. The number of nitrogens with two attached hydrogens (primary N) is 1. The molecule has 0 aliphatic heterocycles. The quantitative estimate of drug-likeness (QED) is 0.0264. The zero-order valence-electron chi connectivity index (χ0n) is 62.6. The smallest absolute Gasteiger partial charge is 0.462 e. The third-order valence-electron chi connectivity index (χ3n) is 17.6. The first-order chi connectivity index (χ1) is 47.3. The van der Waals surface area contributed by atoms with Gasteiger partial charge in [0.15, 0.2) is 6.10 Å². The highest BCUT2D eigenvalue weighted by Gasteiger charge is 2.26. The van der Waals surface area contributed by atoms with E-state index in [2.05, 4.69) is 135 Å². The van der Waals surface area contributed by atoms with Crippen LogP contribution in [0.1, 0.15) is 380 Å². The van der Waals surface area contributed by atoms with Gasteiger partial charge >= 0.3 is 19.8 Å². The van der Waals surface area contributed by atoms with Crippen LogP contribution in [0.5, 0.6) is 0 Å². The number of rotatable bonds is 76. The maximum Gasteiger partial charge on any atom is 0.472 e. The lowest BCUT2D eigenvalue weighted by Gasteiger charge is -2.19. The Kier molecular flexibility index (Phi) is 77.4. The minimum atomic E-state index is -4.41. The Morgan fingerprint density at radius 1 is 0.323 bits per heavy atom. The second-order valence-electron chi connectivity index (χ2n) is 26.9. The van der Waals surface area contributed by atoms with Crippen molar-refractivity contribution in [3.63, 3.8) is 0 Å². The maximum absolute atomic E-state index is 12.8. The van der Waals surface area contributed by atoms with Crippen molar-refractivity contribution in [1.82, 2.24) is 0 Å². The van der Waals surface area contributed by atoms with Crippen LogP contribution in [0, 0.1) is 0 Å². The number of ether oxygens (including phenoxy) is 2. The minimum absolute atomic E-state index is 0.0466. The van der Waals surface area contributed by atoms with Crippen molar-refractivity contribution in [2.45, 2.75) is 386 Å². The number of carbonyl (C=O) groups excluding carboxylic acids is 2. The number of phosphoric acid groups is 1. The molecule has 9 nitrogen and oxygen atoms in total. The highest BCUT2D eigenvalue weighted by molar-refractivity contribution is 7.47. The van der Waals surface area contributed by atoms with Crippen LogP contribution in [0.3, 0.4) is 0 Å². The first-order valence-electron chi connectivity index (χ1n) is 40.5. The summed E-state index contributed by atoms with van der Waals surface area (Å²) in [6.45, 7) is 3.66. The first kappa shape index (κ1) is 92.4. The Balaban J connectivity index is 3.86. The van der Waals surface area contributed by atoms with E-state index in [0.29, 0.717) is 6.42 Å². The lowest BCUT2D eigenvalue weighted by molar-refractivity contribution is -0.161. The molecule has 0 amide bonds. The lowest BCUT2D eigenvalue weighted by Crippen LogP contribution is -2.29. The highest BCUT2D eigenvalue weighted by atomic mass is 31.2. The molecule has 0 aliphatic carbocycles. The highest BCUT2D eigenvalue weighted by Crippen LogP contribution is 2.43. The van der Waals surface area contributed by atoms with Crippen LogP contribution in [-0.4, -0.2) is 49.3 Å². The molecule has 0 aromatic heterocycles. The van der Waals surface area contributed by atoms with E-state index >= 15 is 0 Å². The van der Waals surface area contributed by atoms with E-state index in [1.54, 1.807) is 0 Å². The second kappa shape index (κ2) is 80.4. The van der Waals surface area contributed by atoms with E-state index < -0.39 is 26.5 Å². The molecule has 3 N–H and O–H groups in total. The molecule has 0 aliphatic rings.